The van der Waals surface area contributed by atoms with E-state index in [1.165, 1.54) is 0 Å². The number of carbonyl (C=O) groups excluding carboxylic acids is 1. The fourth-order valence-electron chi connectivity index (χ4n) is 1.69. The maximum absolute atomic E-state index is 12.2. The third kappa shape index (κ3) is 5.04. The number of aromatic nitrogens is 1. The zero-order chi connectivity index (χ0) is 15.2. The van der Waals surface area contributed by atoms with Gasteiger partial charge in [-0.05, 0) is 25.3 Å². The second-order valence-corrected chi connectivity index (χ2v) is 6.64. The third-order valence-electron chi connectivity index (χ3n) is 2.81. The van der Waals surface area contributed by atoms with Crippen molar-refractivity contribution >= 4 is 23.5 Å². The van der Waals surface area contributed by atoms with Crippen LogP contribution in [0.4, 0.5) is 5.82 Å². The van der Waals surface area contributed by atoms with Gasteiger partial charge in [0.25, 0.3) is 5.91 Å². The van der Waals surface area contributed by atoms with Crippen LogP contribution in [-0.2, 0) is 5.41 Å². The van der Waals surface area contributed by atoms with E-state index in [0.717, 1.165) is 23.8 Å². The Morgan fingerprint density at radius 1 is 1.35 bits per heavy atom. The molecule has 0 aromatic carbocycles. The molecule has 0 unspecified atom stereocenters. The first-order valence-electron chi connectivity index (χ1n) is 6.92. The molecule has 5 heteroatoms. The fraction of sp³-hybridized carbons (Fsp3) is 0.600. The minimum atomic E-state index is -0.0836. The number of carbonyl (C=O) groups is 1. The third-order valence-corrected chi connectivity index (χ3v) is 3.42. The van der Waals surface area contributed by atoms with Gasteiger partial charge < -0.3 is 10.6 Å². The summed E-state index contributed by atoms with van der Waals surface area (Å²) in [5.74, 6) is 1.64. The molecule has 2 N–H and O–H groups in total. The van der Waals surface area contributed by atoms with Crippen LogP contribution < -0.4 is 10.6 Å². The number of thioether (sulfide) groups is 1. The van der Waals surface area contributed by atoms with Gasteiger partial charge in [0.05, 0.1) is 0 Å². The molecule has 4 nitrogen and oxygen atoms in total. The van der Waals surface area contributed by atoms with Gasteiger partial charge in [0.1, 0.15) is 5.82 Å². The second-order valence-electron chi connectivity index (χ2n) is 5.66. The molecule has 1 rings (SSSR count). The summed E-state index contributed by atoms with van der Waals surface area (Å²) in [7, 11) is 0. The lowest BCUT2D eigenvalue weighted by atomic mass is 9.90. The van der Waals surface area contributed by atoms with Crippen LogP contribution in [0.25, 0.3) is 0 Å². The average Bonchev–Trinajstić information content (AvgIpc) is 2.38. The molecule has 112 valence electrons. The van der Waals surface area contributed by atoms with E-state index in [0.29, 0.717) is 12.1 Å². The summed E-state index contributed by atoms with van der Waals surface area (Å²) in [4.78, 5) is 16.8. The summed E-state index contributed by atoms with van der Waals surface area (Å²) in [6, 6.07) is 3.70. The Kier molecular flexibility index (Phi) is 6.33. The molecular weight excluding hydrogens is 270 g/mol. The van der Waals surface area contributed by atoms with Gasteiger partial charge in [0.15, 0.2) is 0 Å². The molecule has 0 aliphatic heterocycles. The number of hydrogen-bond donors (Lipinski definition) is 2. The summed E-state index contributed by atoms with van der Waals surface area (Å²) in [6.45, 7) is 9.78. The predicted octanol–water partition coefficient (Wildman–Crippen LogP) is 2.90. The fourth-order valence-corrected chi connectivity index (χ4v) is 1.99. The van der Waals surface area contributed by atoms with Crippen LogP contribution in [0.15, 0.2) is 12.1 Å². The van der Waals surface area contributed by atoms with Crippen LogP contribution in [0.3, 0.4) is 0 Å². The molecule has 0 saturated carbocycles. The molecular formula is C15H25N3OS. The van der Waals surface area contributed by atoms with E-state index >= 15 is 0 Å². The Morgan fingerprint density at radius 2 is 2.05 bits per heavy atom. The number of anilines is 1. The number of amides is 1. The minimum Gasteiger partial charge on any atom is -0.370 e. The Bertz CT molecular complexity index is 455. The van der Waals surface area contributed by atoms with E-state index < -0.39 is 0 Å². The lowest BCUT2D eigenvalue weighted by molar-refractivity contribution is 0.0956. The molecule has 1 aromatic rings. The Labute approximate surface area is 126 Å². The van der Waals surface area contributed by atoms with Crippen molar-refractivity contribution in [3.8, 4) is 0 Å². The topological polar surface area (TPSA) is 54.0 Å². The van der Waals surface area contributed by atoms with E-state index in [4.69, 9.17) is 0 Å². The minimum absolute atomic E-state index is 0.0360. The number of hydrogen-bond acceptors (Lipinski definition) is 4. The standard InChI is InChI=1S/C15H25N3OS/c1-6-16-13-10-11(14(19)17-7-8-20-5)9-12(18-13)15(2,3)4/h9-10H,6-8H2,1-5H3,(H,16,18)(H,17,19). The zero-order valence-corrected chi connectivity index (χ0v) is 13.9. The van der Waals surface area contributed by atoms with Crippen molar-refractivity contribution in [2.24, 2.45) is 0 Å². The lowest BCUT2D eigenvalue weighted by Gasteiger charge is -2.20. The smallest absolute Gasteiger partial charge is 0.251 e. The van der Waals surface area contributed by atoms with Crippen molar-refractivity contribution < 1.29 is 4.79 Å². The number of rotatable bonds is 6. The second kappa shape index (κ2) is 7.53. The highest BCUT2D eigenvalue weighted by molar-refractivity contribution is 7.98. The Hall–Kier alpha value is -1.23. The molecule has 1 heterocycles. The van der Waals surface area contributed by atoms with Gasteiger partial charge in [-0.25, -0.2) is 4.98 Å². The maximum atomic E-state index is 12.2. The quantitative estimate of drug-likeness (QED) is 0.792. The maximum Gasteiger partial charge on any atom is 0.251 e. The molecule has 0 fully saturated rings. The molecule has 1 aromatic heterocycles. The van der Waals surface area contributed by atoms with Crippen molar-refractivity contribution in [1.29, 1.82) is 0 Å². The largest absolute Gasteiger partial charge is 0.370 e. The molecule has 0 bridgehead atoms. The normalized spacial score (nSPS) is 11.2. The van der Waals surface area contributed by atoms with Gasteiger partial charge in [0, 0.05) is 35.5 Å². The number of nitrogens with one attached hydrogen (secondary N) is 2. The predicted molar refractivity (Wildman–Crippen MR) is 87.8 cm³/mol. The molecule has 0 aliphatic carbocycles. The first kappa shape index (κ1) is 16.8. The number of pyridine rings is 1. The van der Waals surface area contributed by atoms with Crippen molar-refractivity contribution in [2.45, 2.75) is 33.1 Å². The van der Waals surface area contributed by atoms with Gasteiger partial charge in [-0.3, -0.25) is 4.79 Å². The van der Waals surface area contributed by atoms with E-state index in [1.54, 1.807) is 11.8 Å². The van der Waals surface area contributed by atoms with Crippen LogP contribution in [0.5, 0.6) is 0 Å². The highest BCUT2D eigenvalue weighted by Gasteiger charge is 2.19. The summed E-state index contributed by atoms with van der Waals surface area (Å²) < 4.78 is 0. The molecule has 0 spiro atoms. The number of nitrogens with zero attached hydrogens (tertiary/aromatic N) is 1. The van der Waals surface area contributed by atoms with E-state index in [1.807, 2.05) is 25.3 Å². The van der Waals surface area contributed by atoms with E-state index in [9.17, 15) is 4.79 Å². The van der Waals surface area contributed by atoms with Crippen LogP contribution in [0, 0.1) is 0 Å². The Balaban J connectivity index is 2.99. The molecule has 0 atom stereocenters. The highest BCUT2D eigenvalue weighted by atomic mass is 32.2. The molecule has 0 saturated heterocycles. The average molecular weight is 295 g/mol. The first-order chi connectivity index (χ1) is 9.38. The summed E-state index contributed by atoms with van der Waals surface area (Å²) in [5.41, 5.74) is 1.51. The molecule has 0 aliphatic rings. The first-order valence-corrected chi connectivity index (χ1v) is 8.31. The summed E-state index contributed by atoms with van der Waals surface area (Å²) in [6.07, 6.45) is 2.03. The highest BCUT2D eigenvalue weighted by Crippen LogP contribution is 2.23. The van der Waals surface area contributed by atoms with Crippen molar-refractivity contribution in [3.63, 3.8) is 0 Å². The van der Waals surface area contributed by atoms with Gasteiger partial charge in [-0.15, -0.1) is 0 Å². The van der Waals surface area contributed by atoms with Crippen molar-refractivity contribution in [3.05, 3.63) is 23.4 Å². The molecule has 20 heavy (non-hydrogen) atoms. The SMILES string of the molecule is CCNc1cc(C(=O)NCCSC)cc(C(C)(C)C)n1. The van der Waals surface area contributed by atoms with Crippen LogP contribution in [0.1, 0.15) is 43.7 Å². The van der Waals surface area contributed by atoms with Gasteiger partial charge >= 0.3 is 0 Å². The zero-order valence-electron chi connectivity index (χ0n) is 13.0. The van der Waals surface area contributed by atoms with Crippen LogP contribution in [0.2, 0.25) is 0 Å². The monoisotopic (exact) mass is 295 g/mol. The van der Waals surface area contributed by atoms with Gasteiger partial charge in [-0.2, -0.15) is 11.8 Å². The van der Waals surface area contributed by atoms with Crippen molar-refractivity contribution in [1.82, 2.24) is 10.3 Å². The Morgan fingerprint density at radius 3 is 2.60 bits per heavy atom. The van der Waals surface area contributed by atoms with Crippen LogP contribution in [-0.4, -0.2) is 36.0 Å². The lowest BCUT2D eigenvalue weighted by Crippen LogP contribution is -2.27. The summed E-state index contributed by atoms with van der Waals surface area (Å²) >= 11 is 1.72. The molecule has 0 radical (unpaired) electrons. The van der Waals surface area contributed by atoms with E-state index in [2.05, 4.69) is 36.4 Å². The van der Waals surface area contributed by atoms with Gasteiger partial charge in [-0.1, -0.05) is 20.8 Å². The van der Waals surface area contributed by atoms with Crippen LogP contribution >= 0.6 is 11.8 Å². The van der Waals surface area contributed by atoms with Gasteiger partial charge in [0.2, 0.25) is 0 Å². The molecule has 1 amide bonds. The summed E-state index contributed by atoms with van der Waals surface area (Å²) in [5, 5.41) is 6.12. The van der Waals surface area contributed by atoms with E-state index in [-0.39, 0.29) is 11.3 Å². The van der Waals surface area contributed by atoms with Crippen molar-refractivity contribution in [2.75, 3.05) is 30.4 Å².